The van der Waals surface area contributed by atoms with Gasteiger partial charge in [0.1, 0.15) is 5.82 Å². The van der Waals surface area contributed by atoms with Gasteiger partial charge in [-0.1, -0.05) is 12.8 Å². The van der Waals surface area contributed by atoms with E-state index < -0.39 is 11.9 Å². The molecule has 0 amide bonds. The minimum Gasteiger partial charge on any atom is -0.368 e. The second-order valence-electron chi connectivity index (χ2n) is 5.91. The molecule has 1 aliphatic heterocycles. The third-order valence-corrected chi connectivity index (χ3v) is 4.56. The Kier molecular flexibility index (Phi) is 3.67. The van der Waals surface area contributed by atoms with Crippen molar-refractivity contribution >= 4 is 11.8 Å². The lowest BCUT2D eigenvalue weighted by Crippen LogP contribution is -2.47. The highest BCUT2D eigenvalue weighted by atomic mass is 19.4. The molecule has 2 aliphatic rings. The molecule has 2 N–H and O–H groups in total. The third kappa shape index (κ3) is 2.91. The van der Waals surface area contributed by atoms with Crippen molar-refractivity contribution in [2.45, 2.75) is 50.7 Å². The molecule has 7 heteroatoms. The van der Waals surface area contributed by atoms with Crippen LogP contribution in [0.5, 0.6) is 0 Å². The van der Waals surface area contributed by atoms with E-state index in [1.54, 1.807) is 0 Å². The van der Waals surface area contributed by atoms with Gasteiger partial charge < -0.3 is 10.6 Å². The van der Waals surface area contributed by atoms with E-state index in [0.29, 0.717) is 17.8 Å². The predicted molar refractivity (Wildman–Crippen MR) is 73.8 cm³/mol. The van der Waals surface area contributed by atoms with Gasteiger partial charge in [-0.05, 0) is 31.6 Å². The number of alkyl halides is 3. The van der Waals surface area contributed by atoms with Gasteiger partial charge in [0.2, 0.25) is 5.95 Å². The molecule has 1 saturated carbocycles. The molecule has 0 aromatic carbocycles. The topological polar surface area (TPSA) is 55.0 Å². The molecule has 0 spiro atoms. The molecule has 3 rings (SSSR count). The van der Waals surface area contributed by atoms with Crippen molar-refractivity contribution in [3.8, 4) is 0 Å². The molecular weight excluding hydrogens is 281 g/mol. The van der Waals surface area contributed by atoms with Crippen molar-refractivity contribution < 1.29 is 13.2 Å². The van der Waals surface area contributed by atoms with Crippen molar-refractivity contribution in [2.24, 2.45) is 5.92 Å². The molecule has 116 valence electrons. The van der Waals surface area contributed by atoms with Gasteiger partial charge in [-0.2, -0.15) is 18.2 Å². The lowest BCUT2D eigenvalue weighted by atomic mass is 9.78. The van der Waals surface area contributed by atoms with Crippen LogP contribution in [0.4, 0.5) is 24.9 Å². The smallest absolute Gasteiger partial charge is 0.368 e. The maximum atomic E-state index is 12.9. The van der Waals surface area contributed by atoms with Gasteiger partial charge in [0.05, 0.1) is 0 Å². The number of nitrogens with zero attached hydrogens (tertiary/aromatic N) is 3. The van der Waals surface area contributed by atoms with E-state index in [0.717, 1.165) is 44.7 Å². The zero-order valence-corrected chi connectivity index (χ0v) is 11.7. The Balaban J connectivity index is 1.93. The van der Waals surface area contributed by atoms with E-state index >= 15 is 0 Å². The normalized spacial score (nSPS) is 26.5. The van der Waals surface area contributed by atoms with Crippen LogP contribution >= 0.6 is 0 Å². The van der Waals surface area contributed by atoms with E-state index in [1.807, 2.05) is 4.90 Å². The zero-order chi connectivity index (χ0) is 15.0. The quantitative estimate of drug-likeness (QED) is 0.865. The van der Waals surface area contributed by atoms with Crippen LogP contribution in [0.2, 0.25) is 0 Å². The first-order valence-corrected chi connectivity index (χ1v) is 7.43. The minimum atomic E-state index is -4.49. The molecule has 1 aliphatic carbocycles. The van der Waals surface area contributed by atoms with E-state index in [9.17, 15) is 13.2 Å². The minimum absolute atomic E-state index is 0.294. The van der Waals surface area contributed by atoms with Crippen molar-refractivity contribution in [3.05, 3.63) is 11.8 Å². The predicted octanol–water partition coefficient (Wildman–Crippen LogP) is 3.24. The summed E-state index contributed by atoms with van der Waals surface area (Å²) in [5.41, 5.74) is 4.53. The van der Waals surface area contributed by atoms with Gasteiger partial charge in [0.15, 0.2) is 5.69 Å². The number of rotatable bonds is 1. The molecular formula is C14H19F3N4. The number of fused-ring (bicyclic) bond motifs is 1. The molecule has 0 radical (unpaired) electrons. The van der Waals surface area contributed by atoms with Crippen molar-refractivity contribution in [1.82, 2.24) is 9.97 Å². The fraction of sp³-hybridized carbons (Fsp3) is 0.714. The maximum Gasteiger partial charge on any atom is 0.433 e. The molecule has 2 fully saturated rings. The molecule has 1 aromatic rings. The Bertz CT molecular complexity index is 515. The number of hydrogen-bond acceptors (Lipinski definition) is 4. The van der Waals surface area contributed by atoms with Gasteiger partial charge in [-0.15, -0.1) is 0 Å². The van der Waals surface area contributed by atoms with Crippen LogP contribution in [0, 0.1) is 5.92 Å². The van der Waals surface area contributed by atoms with Gasteiger partial charge >= 0.3 is 6.18 Å². The van der Waals surface area contributed by atoms with Gasteiger partial charge in [0, 0.05) is 18.7 Å². The Morgan fingerprint density at radius 2 is 1.81 bits per heavy atom. The monoisotopic (exact) mass is 300 g/mol. The molecule has 2 atom stereocenters. The van der Waals surface area contributed by atoms with Crippen LogP contribution in [0.15, 0.2) is 6.07 Å². The van der Waals surface area contributed by atoms with Crippen LogP contribution in [-0.4, -0.2) is 22.6 Å². The van der Waals surface area contributed by atoms with Gasteiger partial charge in [-0.3, -0.25) is 0 Å². The second kappa shape index (κ2) is 5.35. The average Bonchev–Trinajstić information content (AvgIpc) is 2.45. The van der Waals surface area contributed by atoms with Crippen LogP contribution in [-0.2, 0) is 6.18 Å². The lowest BCUT2D eigenvalue weighted by Gasteiger charge is -2.44. The summed E-state index contributed by atoms with van der Waals surface area (Å²) in [6.45, 7) is 0.745. The lowest BCUT2D eigenvalue weighted by molar-refractivity contribution is -0.141. The Morgan fingerprint density at radius 1 is 1.10 bits per heavy atom. The van der Waals surface area contributed by atoms with Gasteiger partial charge in [0.25, 0.3) is 0 Å². The zero-order valence-electron chi connectivity index (χ0n) is 11.7. The SMILES string of the molecule is Nc1nc(N2CCC[C@H]3CCCC[C@H]32)cc(C(F)(F)F)n1. The highest BCUT2D eigenvalue weighted by Gasteiger charge is 2.37. The molecule has 0 unspecified atom stereocenters. The number of nitrogen functional groups attached to an aromatic ring is 1. The van der Waals surface area contributed by atoms with E-state index in [2.05, 4.69) is 9.97 Å². The summed E-state index contributed by atoms with van der Waals surface area (Å²) in [7, 11) is 0. The summed E-state index contributed by atoms with van der Waals surface area (Å²) >= 11 is 0. The summed E-state index contributed by atoms with van der Waals surface area (Å²) in [6, 6.07) is 1.33. The number of nitrogens with two attached hydrogens (primary N) is 1. The van der Waals surface area contributed by atoms with Crippen LogP contribution < -0.4 is 10.6 Å². The molecule has 1 saturated heterocycles. The first-order chi connectivity index (χ1) is 9.95. The molecule has 2 heterocycles. The number of hydrogen-bond donors (Lipinski definition) is 1. The van der Waals surface area contributed by atoms with E-state index in [1.165, 1.54) is 6.42 Å². The molecule has 4 nitrogen and oxygen atoms in total. The summed E-state index contributed by atoms with van der Waals surface area (Å²) in [6.07, 6.45) is 2.19. The molecule has 21 heavy (non-hydrogen) atoms. The van der Waals surface area contributed by atoms with Crippen LogP contribution in [0.3, 0.4) is 0 Å². The van der Waals surface area contributed by atoms with E-state index in [-0.39, 0.29) is 5.95 Å². The second-order valence-corrected chi connectivity index (χ2v) is 5.91. The standard InChI is InChI=1S/C14H19F3N4/c15-14(16,17)11-8-12(20-13(18)19-11)21-7-3-5-9-4-1-2-6-10(9)21/h8-10H,1-7H2,(H2,18,19,20)/t9-,10-/m1/s1. The van der Waals surface area contributed by atoms with Crippen LogP contribution in [0.25, 0.3) is 0 Å². The summed E-state index contributed by atoms with van der Waals surface area (Å²) in [5, 5.41) is 0. The molecule has 0 bridgehead atoms. The maximum absolute atomic E-state index is 12.9. The molecule has 1 aromatic heterocycles. The third-order valence-electron chi connectivity index (χ3n) is 4.56. The summed E-state index contributed by atoms with van der Waals surface area (Å²) in [4.78, 5) is 9.39. The van der Waals surface area contributed by atoms with Crippen molar-refractivity contribution in [2.75, 3.05) is 17.2 Å². The van der Waals surface area contributed by atoms with Gasteiger partial charge in [-0.25, -0.2) is 4.98 Å². The first-order valence-electron chi connectivity index (χ1n) is 7.43. The van der Waals surface area contributed by atoms with Crippen molar-refractivity contribution in [1.29, 1.82) is 0 Å². The van der Waals surface area contributed by atoms with Crippen molar-refractivity contribution in [3.63, 3.8) is 0 Å². The highest BCUT2D eigenvalue weighted by molar-refractivity contribution is 5.46. The first kappa shape index (κ1) is 14.4. The van der Waals surface area contributed by atoms with E-state index in [4.69, 9.17) is 5.73 Å². The van der Waals surface area contributed by atoms with Crippen LogP contribution in [0.1, 0.15) is 44.2 Å². The summed E-state index contributed by atoms with van der Waals surface area (Å²) in [5.74, 6) is 0.585. The fourth-order valence-corrected chi connectivity index (χ4v) is 3.65. The Labute approximate surface area is 121 Å². The number of aromatic nitrogens is 2. The largest absolute Gasteiger partial charge is 0.433 e. The number of halogens is 3. The summed E-state index contributed by atoms with van der Waals surface area (Å²) < 4.78 is 38.7. The highest BCUT2D eigenvalue weighted by Crippen LogP contribution is 2.38. The number of piperidine rings is 1. The average molecular weight is 300 g/mol. The number of anilines is 2. The Hall–Kier alpha value is -1.53. The Morgan fingerprint density at radius 3 is 2.57 bits per heavy atom. The fourth-order valence-electron chi connectivity index (χ4n) is 3.65.